The maximum Gasteiger partial charge on any atom is 0.274 e. The van der Waals surface area contributed by atoms with Gasteiger partial charge in [-0.3, -0.25) is 4.79 Å². The summed E-state index contributed by atoms with van der Waals surface area (Å²) in [6.45, 7) is 9.73. The molecule has 0 unspecified atom stereocenters. The third kappa shape index (κ3) is 3.40. The summed E-state index contributed by atoms with van der Waals surface area (Å²) in [5.41, 5.74) is 4.91. The smallest absolute Gasteiger partial charge is 0.274 e. The average Bonchev–Trinajstić information content (AvgIpc) is 3.13. The van der Waals surface area contributed by atoms with Gasteiger partial charge in [0.15, 0.2) is 5.65 Å². The van der Waals surface area contributed by atoms with Crippen LogP contribution >= 0.6 is 0 Å². The molecule has 2 aromatic heterocycles. The van der Waals surface area contributed by atoms with Crippen LogP contribution in [-0.4, -0.2) is 58.2 Å². The topological polar surface area (TPSA) is 63.0 Å². The van der Waals surface area contributed by atoms with Gasteiger partial charge in [-0.15, -0.1) is 5.10 Å². The molecule has 1 saturated heterocycles. The Labute approximate surface area is 164 Å². The summed E-state index contributed by atoms with van der Waals surface area (Å²) in [4.78, 5) is 21.6. The van der Waals surface area contributed by atoms with Crippen LogP contribution in [0.5, 0.6) is 5.88 Å². The number of benzene rings is 1. The second-order valence-electron chi connectivity index (χ2n) is 7.03. The van der Waals surface area contributed by atoms with Gasteiger partial charge in [-0.2, -0.15) is 0 Å². The molecule has 0 aliphatic carbocycles. The minimum atomic E-state index is -0.0518. The van der Waals surface area contributed by atoms with Crippen molar-refractivity contribution in [2.75, 3.05) is 37.7 Å². The van der Waals surface area contributed by atoms with Crippen LogP contribution in [0.2, 0.25) is 0 Å². The SMILES string of the molecule is CCOc1ccc2nc(C(=O)N3CCN(c4cccc(C)c4C)CC3)cn2n1. The van der Waals surface area contributed by atoms with Gasteiger partial charge in [-0.1, -0.05) is 12.1 Å². The first-order chi connectivity index (χ1) is 13.6. The van der Waals surface area contributed by atoms with Crippen molar-refractivity contribution in [3.8, 4) is 5.88 Å². The first-order valence-corrected chi connectivity index (χ1v) is 9.66. The van der Waals surface area contributed by atoms with Crippen molar-refractivity contribution < 1.29 is 9.53 Å². The number of carbonyl (C=O) groups excluding carboxylic acids is 1. The largest absolute Gasteiger partial charge is 0.477 e. The van der Waals surface area contributed by atoms with Crippen molar-refractivity contribution >= 4 is 17.2 Å². The Morgan fingerprint density at radius 2 is 1.89 bits per heavy atom. The maximum atomic E-state index is 12.9. The van der Waals surface area contributed by atoms with Crippen LogP contribution in [0, 0.1) is 13.8 Å². The van der Waals surface area contributed by atoms with E-state index in [0.29, 0.717) is 36.9 Å². The zero-order chi connectivity index (χ0) is 19.7. The number of aromatic nitrogens is 3. The van der Waals surface area contributed by atoms with E-state index in [9.17, 15) is 4.79 Å². The summed E-state index contributed by atoms with van der Waals surface area (Å²) in [6, 6.07) is 9.96. The molecule has 3 aromatic rings. The number of aryl methyl sites for hydroxylation is 1. The van der Waals surface area contributed by atoms with E-state index in [4.69, 9.17) is 4.74 Å². The highest BCUT2D eigenvalue weighted by molar-refractivity contribution is 5.93. The average molecular weight is 379 g/mol. The monoisotopic (exact) mass is 379 g/mol. The number of carbonyl (C=O) groups is 1. The fraction of sp³-hybridized carbons (Fsp3) is 0.381. The molecule has 1 aliphatic heterocycles. The number of amides is 1. The Bertz CT molecular complexity index is 1010. The summed E-state index contributed by atoms with van der Waals surface area (Å²) < 4.78 is 7.01. The minimum absolute atomic E-state index is 0.0518. The molecule has 1 aromatic carbocycles. The van der Waals surface area contributed by atoms with Crippen LogP contribution in [0.15, 0.2) is 36.5 Å². The maximum absolute atomic E-state index is 12.9. The Morgan fingerprint density at radius 3 is 2.64 bits per heavy atom. The summed E-state index contributed by atoms with van der Waals surface area (Å²) in [5, 5.41) is 4.34. The van der Waals surface area contributed by atoms with Crippen molar-refractivity contribution in [1.29, 1.82) is 0 Å². The molecule has 0 atom stereocenters. The third-order valence-electron chi connectivity index (χ3n) is 5.29. The Balaban J connectivity index is 1.46. The second kappa shape index (κ2) is 7.50. The molecule has 0 radical (unpaired) electrons. The number of hydrogen-bond donors (Lipinski definition) is 0. The second-order valence-corrected chi connectivity index (χ2v) is 7.03. The zero-order valence-electron chi connectivity index (χ0n) is 16.6. The van der Waals surface area contributed by atoms with E-state index in [2.05, 4.69) is 47.0 Å². The Hall–Kier alpha value is -3.09. The van der Waals surface area contributed by atoms with E-state index in [-0.39, 0.29) is 5.91 Å². The van der Waals surface area contributed by atoms with Gasteiger partial charge in [0.05, 0.1) is 12.8 Å². The molecule has 1 amide bonds. The van der Waals surface area contributed by atoms with Crippen LogP contribution in [0.3, 0.4) is 0 Å². The fourth-order valence-corrected chi connectivity index (χ4v) is 3.58. The van der Waals surface area contributed by atoms with E-state index in [1.807, 2.05) is 17.9 Å². The molecular weight excluding hydrogens is 354 g/mol. The lowest BCUT2D eigenvalue weighted by atomic mass is 10.1. The molecule has 7 nitrogen and oxygen atoms in total. The van der Waals surface area contributed by atoms with Crippen molar-refractivity contribution in [2.45, 2.75) is 20.8 Å². The van der Waals surface area contributed by atoms with E-state index < -0.39 is 0 Å². The molecule has 0 bridgehead atoms. The summed E-state index contributed by atoms with van der Waals surface area (Å²) >= 11 is 0. The molecular formula is C21H25N5O2. The molecule has 28 heavy (non-hydrogen) atoms. The molecule has 0 saturated carbocycles. The number of imidazole rings is 1. The van der Waals surface area contributed by atoms with Gasteiger partial charge in [0, 0.05) is 37.9 Å². The normalized spacial score (nSPS) is 14.5. The van der Waals surface area contributed by atoms with Gasteiger partial charge >= 0.3 is 0 Å². The number of fused-ring (bicyclic) bond motifs is 1. The fourth-order valence-electron chi connectivity index (χ4n) is 3.58. The number of hydrogen-bond acceptors (Lipinski definition) is 5. The molecule has 0 spiro atoms. The lowest BCUT2D eigenvalue weighted by molar-refractivity contribution is 0.0741. The van der Waals surface area contributed by atoms with Gasteiger partial charge in [-0.05, 0) is 44.0 Å². The molecule has 0 N–H and O–H groups in total. The summed E-state index contributed by atoms with van der Waals surface area (Å²) in [7, 11) is 0. The number of anilines is 1. The van der Waals surface area contributed by atoms with E-state index in [1.165, 1.54) is 16.8 Å². The summed E-state index contributed by atoms with van der Waals surface area (Å²) in [6.07, 6.45) is 1.68. The highest BCUT2D eigenvalue weighted by atomic mass is 16.5. The third-order valence-corrected chi connectivity index (χ3v) is 5.29. The number of piperazine rings is 1. The predicted octanol–water partition coefficient (Wildman–Crippen LogP) is 2.71. The van der Waals surface area contributed by atoms with Gasteiger partial charge in [0.25, 0.3) is 5.91 Å². The standard InChI is InChI=1S/C21H25N5O2/c1-4-28-20-9-8-19-22-17(14-26(19)23-20)21(27)25-12-10-24(11-13-25)18-7-5-6-15(2)16(18)3/h5-9,14H,4,10-13H2,1-3H3. The van der Waals surface area contributed by atoms with Crippen LogP contribution < -0.4 is 9.64 Å². The zero-order valence-corrected chi connectivity index (χ0v) is 16.6. The predicted molar refractivity (Wildman–Crippen MR) is 108 cm³/mol. The van der Waals surface area contributed by atoms with Gasteiger partial charge in [-0.25, -0.2) is 9.50 Å². The number of nitrogens with zero attached hydrogens (tertiary/aromatic N) is 5. The lowest BCUT2D eigenvalue weighted by Crippen LogP contribution is -2.49. The Morgan fingerprint density at radius 1 is 1.11 bits per heavy atom. The quantitative estimate of drug-likeness (QED) is 0.697. The van der Waals surface area contributed by atoms with E-state index in [0.717, 1.165) is 13.1 Å². The Kier molecular flexibility index (Phi) is 4.90. The molecule has 4 rings (SSSR count). The molecule has 7 heteroatoms. The van der Waals surface area contributed by atoms with Crippen LogP contribution in [0.1, 0.15) is 28.5 Å². The van der Waals surface area contributed by atoms with Gasteiger partial charge in [0.2, 0.25) is 5.88 Å². The first-order valence-electron chi connectivity index (χ1n) is 9.66. The van der Waals surface area contributed by atoms with Crippen LogP contribution in [0.25, 0.3) is 5.65 Å². The van der Waals surface area contributed by atoms with Crippen molar-refractivity contribution in [3.05, 3.63) is 53.3 Å². The molecule has 146 valence electrons. The van der Waals surface area contributed by atoms with Crippen LogP contribution in [0.4, 0.5) is 5.69 Å². The molecule has 1 aliphatic rings. The first kappa shape index (κ1) is 18.3. The highest BCUT2D eigenvalue weighted by Gasteiger charge is 2.25. The van der Waals surface area contributed by atoms with Crippen LogP contribution in [-0.2, 0) is 0 Å². The molecule has 3 heterocycles. The summed E-state index contributed by atoms with van der Waals surface area (Å²) in [5.74, 6) is 0.470. The number of rotatable bonds is 4. The minimum Gasteiger partial charge on any atom is -0.477 e. The highest BCUT2D eigenvalue weighted by Crippen LogP contribution is 2.24. The van der Waals surface area contributed by atoms with E-state index >= 15 is 0 Å². The van der Waals surface area contributed by atoms with Crippen molar-refractivity contribution in [1.82, 2.24) is 19.5 Å². The molecule has 1 fully saturated rings. The van der Waals surface area contributed by atoms with Crippen molar-refractivity contribution in [3.63, 3.8) is 0 Å². The van der Waals surface area contributed by atoms with Gasteiger partial charge in [0.1, 0.15) is 5.69 Å². The van der Waals surface area contributed by atoms with E-state index in [1.54, 1.807) is 16.8 Å². The lowest BCUT2D eigenvalue weighted by Gasteiger charge is -2.36. The number of ether oxygens (including phenoxy) is 1. The van der Waals surface area contributed by atoms with Gasteiger partial charge < -0.3 is 14.5 Å². The van der Waals surface area contributed by atoms with Crippen molar-refractivity contribution in [2.24, 2.45) is 0 Å².